The lowest BCUT2D eigenvalue weighted by molar-refractivity contribution is -0.157. The number of rotatable bonds is 14. The van der Waals surface area contributed by atoms with Crippen LogP contribution in [0.1, 0.15) is 52.7 Å². The Labute approximate surface area is 324 Å². The van der Waals surface area contributed by atoms with Crippen LogP contribution in [0.4, 0.5) is 9.59 Å². The molecule has 292 valence electrons. The number of hydrazine groups is 1. The number of halogens is 2. The Morgan fingerprint density at radius 1 is 0.755 bits per heavy atom. The molecule has 53 heavy (non-hydrogen) atoms. The van der Waals surface area contributed by atoms with Gasteiger partial charge in [-0.1, -0.05) is 102 Å². The zero-order valence-electron chi connectivity index (χ0n) is 31.6. The molecule has 3 aromatic rings. The molecule has 3 amide bonds. The first kappa shape index (κ1) is 46.6. The maximum atomic E-state index is 13.9. The number of alkyl carbamates (subject to hydrolysis) is 2. The Kier molecular flexibility index (Phi) is 18.7. The number of nitrogens with zero attached hydrogens (tertiary/aromatic N) is 2. The lowest BCUT2D eigenvalue weighted by atomic mass is 9.86. The number of methoxy groups -OCH3 is 2. The summed E-state index contributed by atoms with van der Waals surface area (Å²) in [7, 11) is 2.43. The van der Waals surface area contributed by atoms with Gasteiger partial charge in [0.2, 0.25) is 0 Å². The second-order valence-corrected chi connectivity index (χ2v) is 14.5. The molecule has 0 saturated carbocycles. The largest absolute Gasteiger partial charge is 0.458 e. The molecule has 0 bridgehead atoms. The molecular formula is C38H54Cl2N6O7. The Morgan fingerprint density at radius 3 is 1.81 bits per heavy atom. The second kappa shape index (κ2) is 21.3. The molecule has 2 aromatic carbocycles. The van der Waals surface area contributed by atoms with Gasteiger partial charge in [-0.15, -0.1) is 24.8 Å². The average Bonchev–Trinajstić information content (AvgIpc) is 3.08. The Hall–Kier alpha value is -4.43. The van der Waals surface area contributed by atoms with Crippen LogP contribution in [-0.4, -0.2) is 79.0 Å². The number of benzene rings is 2. The third-order valence-corrected chi connectivity index (χ3v) is 8.14. The number of pyridine rings is 1. The summed E-state index contributed by atoms with van der Waals surface area (Å²) in [4.78, 5) is 56.6. The summed E-state index contributed by atoms with van der Waals surface area (Å²) in [5, 5.41) is 6.82. The minimum Gasteiger partial charge on any atom is -0.458 e. The third-order valence-electron chi connectivity index (χ3n) is 8.14. The number of hydrogen-bond acceptors (Lipinski definition) is 10. The van der Waals surface area contributed by atoms with E-state index in [0.717, 1.165) is 22.4 Å². The minimum atomic E-state index is -1.08. The molecule has 0 fully saturated rings. The molecule has 4 atom stereocenters. The highest BCUT2D eigenvalue weighted by molar-refractivity contribution is 5.86. The number of nitrogens with two attached hydrogens (primary N) is 1. The third kappa shape index (κ3) is 14.8. The molecule has 0 aliphatic heterocycles. The summed E-state index contributed by atoms with van der Waals surface area (Å²) in [6, 6.07) is 20.1. The van der Waals surface area contributed by atoms with Crippen molar-refractivity contribution in [3.63, 3.8) is 0 Å². The quantitative estimate of drug-likeness (QED) is 0.0937. The van der Waals surface area contributed by atoms with Crippen molar-refractivity contribution in [2.75, 3.05) is 20.8 Å². The Bertz CT molecular complexity index is 1590. The Balaban J connectivity index is 0.00000702. The zero-order chi connectivity index (χ0) is 37.8. The fourth-order valence-corrected chi connectivity index (χ4v) is 5.28. The number of aromatic nitrogens is 1. The molecular weight excluding hydrogens is 723 g/mol. The lowest BCUT2D eigenvalue weighted by Crippen LogP contribution is -2.59. The van der Waals surface area contributed by atoms with Crippen molar-refractivity contribution in [2.24, 2.45) is 16.6 Å². The number of carbonyl (C=O) groups is 4. The first-order valence-corrected chi connectivity index (χ1v) is 16.8. The molecule has 0 saturated heterocycles. The van der Waals surface area contributed by atoms with Gasteiger partial charge in [-0.05, 0) is 40.5 Å². The zero-order valence-corrected chi connectivity index (χ0v) is 33.2. The smallest absolute Gasteiger partial charge is 0.407 e. The van der Waals surface area contributed by atoms with Crippen molar-refractivity contribution in [2.45, 2.75) is 78.7 Å². The van der Waals surface area contributed by atoms with Crippen LogP contribution in [0, 0.1) is 10.8 Å². The summed E-state index contributed by atoms with van der Waals surface area (Å²) in [5.41, 5.74) is 11.8. The summed E-state index contributed by atoms with van der Waals surface area (Å²) >= 11 is 0. The first-order chi connectivity index (χ1) is 24.0. The van der Waals surface area contributed by atoms with Crippen LogP contribution in [0.5, 0.6) is 0 Å². The molecule has 0 spiro atoms. The highest BCUT2D eigenvalue weighted by atomic mass is 35.5. The maximum Gasteiger partial charge on any atom is 0.407 e. The second-order valence-electron chi connectivity index (χ2n) is 14.5. The summed E-state index contributed by atoms with van der Waals surface area (Å²) in [6.45, 7) is 10.9. The number of nitrogens with one attached hydrogen (secondary N) is 3. The van der Waals surface area contributed by atoms with Crippen molar-refractivity contribution in [1.82, 2.24) is 26.1 Å². The lowest BCUT2D eigenvalue weighted by Gasteiger charge is -2.36. The number of ether oxygens (including phenoxy) is 3. The van der Waals surface area contributed by atoms with Gasteiger partial charge in [0.15, 0.2) is 0 Å². The van der Waals surface area contributed by atoms with E-state index in [1.165, 1.54) is 14.2 Å². The standard InChI is InChI=1S/C38H52N6O7.2ClH/c1-37(2,3)31(41-35(47)49-7)33(45)43-44(23-26-17-19-27(20-18-26)29-16-12-13-21-40-29)24-30(28(39)22-25-14-10-9-11-15-25)51-34(46)32(38(4,5)6)42-36(48)50-8;;/h9-21,28,30-32H,22-24,39H2,1-8H3,(H,41,47)(H,42,48)(H,43,45);2*1H/t28-,30-,31+,32+;;/m0../s1. The maximum absolute atomic E-state index is 13.9. The molecule has 1 heterocycles. The van der Waals surface area contributed by atoms with Crippen LogP contribution in [0.2, 0.25) is 0 Å². The molecule has 0 aliphatic carbocycles. The van der Waals surface area contributed by atoms with Gasteiger partial charge in [0, 0.05) is 24.3 Å². The van der Waals surface area contributed by atoms with Crippen molar-refractivity contribution in [3.05, 3.63) is 90.1 Å². The van der Waals surface area contributed by atoms with Crippen LogP contribution in [0.15, 0.2) is 79.0 Å². The predicted octanol–water partition coefficient (Wildman–Crippen LogP) is 5.45. The van der Waals surface area contributed by atoms with E-state index in [1.807, 2.05) is 93.6 Å². The van der Waals surface area contributed by atoms with Crippen LogP contribution in [-0.2, 0) is 36.8 Å². The van der Waals surface area contributed by atoms with E-state index in [2.05, 4.69) is 21.0 Å². The van der Waals surface area contributed by atoms with Gasteiger partial charge >= 0.3 is 18.2 Å². The highest BCUT2D eigenvalue weighted by Crippen LogP contribution is 2.24. The van der Waals surface area contributed by atoms with Gasteiger partial charge in [-0.3, -0.25) is 15.2 Å². The van der Waals surface area contributed by atoms with Crippen molar-refractivity contribution in [1.29, 1.82) is 0 Å². The van der Waals surface area contributed by atoms with E-state index in [1.54, 1.807) is 32.0 Å². The van der Waals surface area contributed by atoms with Crippen LogP contribution in [0.25, 0.3) is 11.3 Å². The number of amides is 3. The Morgan fingerprint density at radius 2 is 1.30 bits per heavy atom. The topological polar surface area (TPSA) is 174 Å². The van der Waals surface area contributed by atoms with Crippen LogP contribution >= 0.6 is 24.8 Å². The average molecular weight is 778 g/mol. The van der Waals surface area contributed by atoms with Gasteiger partial charge < -0.3 is 30.6 Å². The summed E-state index contributed by atoms with van der Waals surface area (Å²) < 4.78 is 15.7. The van der Waals surface area contributed by atoms with Crippen molar-refractivity contribution >= 4 is 48.9 Å². The van der Waals surface area contributed by atoms with E-state index < -0.39 is 59.1 Å². The van der Waals surface area contributed by atoms with E-state index in [-0.39, 0.29) is 37.9 Å². The molecule has 15 heteroatoms. The SMILES string of the molecule is COC(=O)N[C@H](C(=O)NN(Cc1ccc(-c2ccccn2)cc1)C[C@H](OC(=O)[C@@H](NC(=O)OC)C(C)(C)C)[C@@H](N)Cc1ccccc1)C(C)(C)C.Cl.Cl. The fourth-order valence-electron chi connectivity index (χ4n) is 5.28. The van der Waals surface area contributed by atoms with Crippen molar-refractivity contribution < 1.29 is 33.4 Å². The minimum absolute atomic E-state index is 0. The van der Waals surface area contributed by atoms with Crippen LogP contribution < -0.4 is 21.8 Å². The first-order valence-electron chi connectivity index (χ1n) is 16.8. The van der Waals surface area contributed by atoms with Gasteiger partial charge in [-0.25, -0.2) is 19.4 Å². The normalized spacial score (nSPS) is 13.5. The molecule has 3 rings (SSSR count). The summed E-state index contributed by atoms with van der Waals surface area (Å²) in [6.07, 6.45) is -0.453. The van der Waals surface area contributed by atoms with E-state index in [4.69, 9.17) is 19.9 Å². The van der Waals surface area contributed by atoms with E-state index in [0.29, 0.717) is 6.42 Å². The van der Waals surface area contributed by atoms with Gasteiger partial charge in [0.1, 0.15) is 18.2 Å². The van der Waals surface area contributed by atoms with Gasteiger partial charge in [0.25, 0.3) is 5.91 Å². The monoisotopic (exact) mass is 776 g/mol. The molecule has 13 nitrogen and oxygen atoms in total. The molecule has 5 N–H and O–H groups in total. The van der Waals surface area contributed by atoms with Gasteiger partial charge in [0.05, 0.1) is 26.5 Å². The van der Waals surface area contributed by atoms with E-state index >= 15 is 0 Å². The molecule has 0 unspecified atom stereocenters. The molecule has 0 radical (unpaired) electrons. The van der Waals surface area contributed by atoms with Gasteiger partial charge in [-0.2, -0.15) is 0 Å². The summed E-state index contributed by atoms with van der Waals surface area (Å²) in [5.74, 6) is -1.23. The van der Waals surface area contributed by atoms with E-state index in [9.17, 15) is 19.2 Å². The number of hydrogen-bond donors (Lipinski definition) is 4. The highest BCUT2D eigenvalue weighted by Gasteiger charge is 2.38. The number of carbonyl (C=O) groups excluding carboxylic acids is 4. The fraction of sp³-hybridized carbons (Fsp3) is 0.447. The van der Waals surface area contributed by atoms with Crippen LogP contribution in [0.3, 0.4) is 0 Å². The molecule has 1 aromatic heterocycles. The molecule has 0 aliphatic rings. The predicted molar refractivity (Wildman–Crippen MR) is 208 cm³/mol. The number of esters is 1. The van der Waals surface area contributed by atoms with Crippen molar-refractivity contribution in [3.8, 4) is 11.3 Å².